The molecule has 0 radical (unpaired) electrons. The van der Waals surface area contributed by atoms with Gasteiger partial charge in [0.2, 0.25) is 0 Å². The van der Waals surface area contributed by atoms with Gasteiger partial charge in [-0.15, -0.1) is 0 Å². The van der Waals surface area contributed by atoms with E-state index in [0.29, 0.717) is 34.0 Å². The SMILES string of the molecule is O=C(COC(=O)CC12CC3CC(CC(Br)(C3)C1)C2)Nc1c(Cl)cccc1Cl. The van der Waals surface area contributed by atoms with Gasteiger partial charge in [0.15, 0.2) is 6.61 Å². The minimum Gasteiger partial charge on any atom is -0.456 e. The smallest absolute Gasteiger partial charge is 0.306 e. The highest BCUT2D eigenvalue weighted by Gasteiger charge is 2.57. The van der Waals surface area contributed by atoms with Crippen molar-refractivity contribution in [2.24, 2.45) is 17.3 Å². The summed E-state index contributed by atoms with van der Waals surface area (Å²) in [7, 11) is 0. The van der Waals surface area contributed by atoms with Crippen molar-refractivity contribution in [3.05, 3.63) is 28.2 Å². The molecule has 1 N–H and O–H groups in total. The number of amides is 1. The van der Waals surface area contributed by atoms with Crippen LogP contribution in [0.3, 0.4) is 0 Å². The number of esters is 1. The number of para-hydroxylation sites is 1. The van der Waals surface area contributed by atoms with E-state index in [4.69, 9.17) is 27.9 Å². The van der Waals surface area contributed by atoms with Crippen LogP contribution in [0.2, 0.25) is 10.0 Å². The van der Waals surface area contributed by atoms with Crippen LogP contribution in [0.5, 0.6) is 0 Å². The summed E-state index contributed by atoms with van der Waals surface area (Å²) in [4.78, 5) is 24.6. The van der Waals surface area contributed by atoms with E-state index in [1.165, 1.54) is 19.3 Å². The molecule has 4 saturated carbocycles. The summed E-state index contributed by atoms with van der Waals surface area (Å²) in [6, 6.07) is 4.97. The van der Waals surface area contributed by atoms with Crippen LogP contribution in [0.25, 0.3) is 0 Å². The summed E-state index contributed by atoms with van der Waals surface area (Å²) >= 11 is 16.0. The number of ether oxygens (including phenoxy) is 1. The maximum Gasteiger partial charge on any atom is 0.306 e. The van der Waals surface area contributed by atoms with Crippen LogP contribution < -0.4 is 5.32 Å². The number of nitrogens with one attached hydrogen (secondary N) is 1. The molecule has 27 heavy (non-hydrogen) atoms. The number of carbonyl (C=O) groups is 2. The van der Waals surface area contributed by atoms with E-state index in [1.807, 2.05) is 0 Å². The monoisotopic (exact) mass is 473 g/mol. The Morgan fingerprint density at radius 3 is 2.37 bits per heavy atom. The van der Waals surface area contributed by atoms with Gasteiger partial charge in [-0.25, -0.2) is 0 Å². The molecule has 146 valence electrons. The molecule has 1 aromatic carbocycles. The van der Waals surface area contributed by atoms with Crippen LogP contribution in [0.15, 0.2) is 18.2 Å². The number of hydrogen-bond acceptors (Lipinski definition) is 3. The van der Waals surface area contributed by atoms with Crippen molar-refractivity contribution in [1.82, 2.24) is 0 Å². The molecule has 0 saturated heterocycles. The minimum absolute atomic E-state index is 0.0349. The molecule has 4 nitrogen and oxygen atoms in total. The lowest BCUT2D eigenvalue weighted by atomic mass is 9.49. The molecule has 0 aromatic heterocycles. The van der Waals surface area contributed by atoms with Crippen LogP contribution in [0, 0.1) is 17.3 Å². The zero-order chi connectivity index (χ0) is 19.2. The van der Waals surface area contributed by atoms with Gasteiger partial charge in [-0.3, -0.25) is 9.59 Å². The third-order valence-corrected chi connectivity index (χ3v) is 7.78. The molecule has 2 atom stereocenters. The molecule has 4 aliphatic rings. The van der Waals surface area contributed by atoms with E-state index < -0.39 is 5.91 Å². The predicted octanol–water partition coefficient (Wildman–Crippen LogP) is 5.60. The lowest BCUT2D eigenvalue weighted by molar-refractivity contribution is -0.153. The van der Waals surface area contributed by atoms with Gasteiger partial charge in [0, 0.05) is 4.32 Å². The highest BCUT2D eigenvalue weighted by Crippen LogP contribution is 2.65. The van der Waals surface area contributed by atoms with Crippen LogP contribution in [-0.4, -0.2) is 22.8 Å². The Labute approximate surface area is 177 Å². The Morgan fingerprint density at radius 2 is 1.78 bits per heavy atom. The molecule has 1 amide bonds. The van der Waals surface area contributed by atoms with E-state index in [0.717, 1.165) is 19.3 Å². The van der Waals surface area contributed by atoms with E-state index in [1.54, 1.807) is 18.2 Å². The molecular formula is C20H22BrCl2NO3. The van der Waals surface area contributed by atoms with E-state index in [9.17, 15) is 9.59 Å². The van der Waals surface area contributed by atoms with E-state index in [-0.39, 0.29) is 22.3 Å². The second-order valence-corrected chi connectivity index (χ2v) is 11.1. The van der Waals surface area contributed by atoms with E-state index in [2.05, 4.69) is 21.2 Å². The molecule has 5 rings (SSSR count). The van der Waals surface area contributed by atoms with Gasteiger partial charge in [-0.05, 0) is 67.9 Å². The fourth-order valence-corrected chi connectivity index (χ4v) is 7.84. The number of benzene rings is 1. The Hall–Kier alpha value is -0.780. The molecule has 2 unspecified atom stereocenters. The number of carbonyl (C=O) groups excluding carboxylic acids is 2. The van der Waals surface area contributed by atoms with Gasteiger partial charge in [-0.2, -0.15) is 0 Å². The second-order valence-electron chi connectivity index (χ2n) is 8.59. The average Bonchev–Trinajstić information content (AvgIpc) is 2.54. The largest absolute Gasteiger partial charge is 0.456 e. The van der Waals surface area contributed by atoms with Crippen molar-refractivity contribution < 1.29 is 14.3 Å². The quantitative estimate of drug-likeness (QED) is 0.446. The van der Waals surface area contributed by atoms with Crippen molar-refractivity contribution in [2.45, 2.75) is 49.3 Å². The zero-order valence-corrected chi connectivity index (χ0v) is 18.0. The lowest BCUT2D eigenvalue weighted by Gasteiger charge is -2.60. The van der Waals surface area contributed by atoms with Crippen LogP contribution in [0.4, 0.5) is 5.69 Å². The lowest BCUT2D eigenvalue weighted by Crippen LogP contribution is -2.53. The van der Waals surface area contributed by atoms with Gasteiger partial charge >= 0.3 is 5.97 Å². The Kier molecular flexibility index (Phi) is 5.23. The third kappa shape index (κ3) is 4.15. The molecule has 1 aromatic rings. The maximum atomic E-state index is 12.5. The zero-order valence-electron chi connectivity index (χ0n) is 14.9. The number of halogens is 3. The number of anilines is 1. The predicted molar refractivity (Wildman–Crippen MR) is 109 cm³/mol. The average molecular weight is 475 g/mol. The highest BCUT2D eigenvalue weighted by atomic mass is 79.9. The van der Waals surface area contributed by atoms with Gasteiger partial charge in [-0.1, -0.05) is 45.2 Å². The van der Waals surface area contributed by atoms with Gasteiger partial charge in [0.1, 0.15) is 0 Å². The molecule has 0 aliphatic heterocycles. The summed E-state index contributed by atoms with van der Waals surface area (Å²) in [5.41, 5.74) is 0.372. The minimum atomic E-state index is -0.444. The number of alkyl halides is 1. The highest BCUT2D eigenvalue weighted by molar-refractivity contribution is 9.10. The van der Waals surface area contributed by atoms with Crippen molar-refractivity contribution in [3.8, 4) is 0 Å². The Bertz CT molecular complexity index is 750. The number of rotatable bonds is 5. The van der Waals surface area contributed by atoms with Gasteiger partial charge in [0.25, 0.3) is 5.91 Å². The third-order valence-electron chi connectivity index (χ3n) is 6.22. The van der Waals surface area contributed by atoms with Gasteiger partial charge < -0.3 is 10.1 Å². The normalized spacial score (nSPS) is 33.7. The van der Waals surface area contributed by atoms with Crippen molar-refractivity contribution in [3.63, 3.8) is 0 Å². The Balaban J connectivity index is 1.32. The van der Waals surface area contributed by atoms with Crippen LogP contribution >= 0.6 is 39.1 Å². The van der Waals surface area contributed by atoms with E-state index >= 15 is 0 Å². The molecule has 4 fully saturated rings. The summed E-state index contributed by atoms with van der Waals surface area (Å²) in [5.74, 6) is 0.683. The number of hydrogen-bond donors (Lipinski definition) is 1. The first kappa shape index (κ1) is 19.5. The maximum absolute atomic E-state index is 12.5. The molecule has 4 bridgehead atoms. The fourth-order valence-electron chi connectivity index (χ4n) is 5.84. The first-order valence-corrected chi connectivity index (χ1v) is 10.9. The second kappa shape index (κ2) is 7.23. The summed E-state index contributed by atoms with van der Waals surface area (Å²) < 4.78 is 5.48. The molecular weight excluding hydrogens is 453 g/mol. The van der Waals surface area contributed by atoms with Crippen LogP contribution in [-0.2, 0) is 14.3 Å². The molecule has 0 spiro atoms. The molecule has 4 aliphatic carbocycles. The Morgan fingerprint density at radius 1 is 1.15 bits per heavy atom. The van der Waals surface area contributed by atoms with Crippen molar-refractivity contribution >= 4 is 56.7 Å². The fraction of sp³-hybridized carbons (Fsp3) is 0.600. The summed E-state index contributed by atoms with van der Waals surface area (Å²) in [6.45, 7) is -0.331. The van der Waals surface area contributed by atoms with Gasteiger partial charge in [0.05, 0.1) is 22.2 Å². The van der Waals surface area contributed by atoms with Crippen molar-refractivity contribution in [2.75, 3.05) is 11.9 Å². The first-order valence-electron chi connectivity index (χ1n) is 9.34. The topological polar surface area (TPSA) is 55.4 Å². The summed E-state index contributed by atoms with van der Waals surface area (Å²) in [5, 5.41) is 3.30. The standard InChI is InChI=1S/C20H22BrCl2NO3/c21-20-7-12-4-13(8-20)6-19(5-12,11-20)9-17(26)27-10-16(25)24-18-14(22)2-1-3-15(18)23/h1-3,12-13H,4-11H2,(H,24,25). The molecule has 7 heteroatoms. The first-order chi connectivity index (χ1) is 12.8. The van der Waals surface area contributed by atoms with Crippen molar-refractivity contribution in [1.29, 1.82) is 0 Å². The summed E-state index contributed by atoms with van der Waals surface area (Å²) in [6.07, 6.45) is 7.38. The van der Waals surface area contributed by atoms with Crippen LogP contribution in [0.1, 0.15) is 44.9 Å². The molecule has 0 heterocycles.